The summed E-state index contributed by atoms with van der Waals surface area (Å²) >= 11 is 0. The zero-order chi connectivity index (χ0) is 44.2. The molecule has 0 aromatic heterocycles. The molecule has 0 bridgehead atoms. The van der Waals surface area contributed by atoms with E-state index in [0.29, 0.717) is 12.8 Å². The van der Waals surface area contributed by atoms with Gasteiger partial charge in [0.25, 0.3) is 11.8 Å². The zero-order valence-corrected chi connectivity index (χ0v) is 38.2. The Morgan fingerprint density at radius 1 is 0.607 bits per heavy atom. The van der Waals surface area contributed by atoms with Gasteiger partial charge in [0.15, 0.2) is 6.10 Å². The van der Waals surface area contributed by atoms with Crippen LogP contribution in [0.4, 0.5) is 0 Å². The second kappa shape index (κ2) is 34.9. The Kier molecular flexibility index (Phi) is 30.6. The van der Waals surface area contributed by atoms with Gasteiger partial charge in [-0.2, -0.15) is 0 Å². The summed E-state index contributed by atoms with van der Waals surface area (Å²) in [6.45, 7) is 2.79. The summed E-state index contributed by atoms with van der Waals surface area (Å²) in [5, 5.41) is 0. The monoisotopic (exact) mass is 870 g/mol. The molecular weight excluding hydrogens is 794 g/mol. The smallest absolute Gasteiger partial charge is 0.462 e. The fourth-order valence-corrected chi connectivity index (χ4v) is 7.43. The molecule has 1 unspecified atom stereocenters. The number of unbranched alkanes of at least 4 members (excludes halogenated alkanes) is 16. The molecule has 2 rings (SSSR count). The minimum Gasteiger partial charge on any atom is -0.462 e. The van der Waals surface area contributed by atoms with Crippen molar-refractivity contribution in [3.63, 3.8) is 0 Å². The van der Waals surface area contributed by atoms with Gasteiger partial charge in [0.1, 0.15) is 6.61 Å². The summed E-state index contributed by atoms with van der Waals surface area (Å²) in [5.74, 6) is -2.01. The summed E-state index contributed by atoms with van der Waals surface area (Å²) in [4.78, 5) is 61.9. The van der Waals surface area contributed by atoms with E-state index in [-0.39, 0.29) is 37.1 Å². The van der Waals surface area contributed by atoms with Gasteiger partial charge in [-0.1, -0.05) is 139 Å². The number of phosphoric ester groups is 1. The molecule has 2 atom stereocenters. The van der Waals surface area contributed by atoms with Gasteiger partial charge in [0.2, 0.25) is 0 Å². The molecule has 0 saturated heterocycles. The third-order valence-corrected chi connectivity index (χ3v) is 11.2. The highest BCUT2D eigenvalue weighted by Gasteiger charge is 2.35. The van der Waals surface area contributed by atoms with Crippen molar-refractivity contribution in [2.75, 3.05) is 26.4 Å². The van der Waals surface area contributed by atoms with E-state index in [9.17, 15) is 28.6 Å². The number of rotatable bonds is 38. The number of nitrogens with zero attached hydrogens (tertiary/aromatic N) is 1. The molecular formula is C49H76NO10P. The molecule has 1 aliphatic heterocycles. The lowest BCUT2D eigenvalue weighted by molar-refractivity contribution is -0.161. The molecule has 0 aliphatic carbocycles. The third kappa shape index (κ3) is 26.5. The number of imide groups is 1. The Morgan fingerprint density at radius 2 is 1.05 bits per heavy atom. The summed E-state index contributed by atoms with van der Waals surface area (Å²) in [6.07, 6.45) is 40.4. The van der Waals surface area contributed by atoms with Crippen LogP contribution in [0, 0.1) is 0 Å². The molecule has 1 heterocycles. The predicted octanol–water partition coefficient (Wildman–Crippen LogP) is 12.5. The first-order chi connectivity index (χ1) is 29.7. The van der Waals surface area contributed by atoms with Crippen LogP contribution < -0.4 is 0 Å². The Morgan fingerprint density at radius 3 is 1.54 bits per heavy atom. The first kappa shape index (κ1) is 53.5. The average molecular weight is 870 g/mol. The number of ether oxygens (including phenoxy) is 2. The second-order valence-corrected chi connectivity index (χ2v) is 17.1. The van der Waals surface area contributed by atoms with Crippen LogP contribution in [0.5, 0.6) is 0 Å². The van der Waals surface area contributed by atoms with Crippen molar-refractivity contribution in [1.29, 1.82) is 0 Å². The van der Waals surface area contributed by atoms with Crippen LogP contribution in [0.15, 0.2) is 72.9 Å². The predicted molar refractivity (Wildman–Crippen MR) is 243 cm³/mol. The lowest BCUT2D eigenvalue weighted by Crippen LogP contribution is -2.33. The molecule has 0 saturated carbocycles. The summed E-state index contributed by atoms with van der Waals surface area (Å²) in [5.41, 5.74) is 0.510. The number of fused-ring (bicyclic) bond motifs is 1. The molecule has 1 aliphatic rings. The van der Waals surface area contributed by atoms with Gasteiger partial charge < -0.3 is 14.4 Å². The van der Waals surface area contributed by atoms with Crippen LogP contribution in [0.25, 0.3) is 0 Å². The van der Waals surface area contributed by atoms with E-state index in [1.807, 2.05) is 0 Å². The minimum absolute atomic E-state index is 0.147. The first-order valence-corrected chi connectivity index (χ1v) is 24.7. The maximum Gasteiger partial charge on any atom is 0.472 e. The van der Waals surface area contributed by atoms with Crippen molar-refractivity contribution >= 4 is 31.6 Å². The summed E-state index contributed by atoms with van der Waals surface area (Å²) in [7, 11) is -4.70. The number of phosphoric acid groups is 1. The van der Waals surface area contributed by atoms with Gasteiger partial charge in [-0.25, -0.2) is 4.57 Å². The molecule has 1 aromatic carbocycles. The number of carbonyl (C=O) groups excluding carboxylic acids is 4. The molecule has 12 heteroatoms. The Balaban J connectivity index is 1.72. The van der Waals surface area contributed by atoms with Crippen molar-refractivity contribution in [3.8, 4) is 0 Å². The Labute approximate surface area is 367 Å². The van der Waals surface area contributed by atoms with Crippen molar-refractivity contribution in [3.05, 3.63) is 84.0 Å². The highest BCUT2D eigenvalue weighted by Crippen LogP contribution is 2.43. The van der Waals surface area contributed by atoms with E-state index in [1.54, 1.807) is 12.1 Å². The molecule has 11 nitrogen and oxygen atoms in total. The maximum atomic E-state index is 12.8. The topological polar surface area (TPSA) is 146 Å². The molecule has 1 N–H and O–H groups in total. The van der Waals surface area contributed by atoms with Crippen LogP contribution in [0.3, 0.4) is 0 Å². The maximum absolute atomic E-state index is 12.8. The van der Waals surface area contributed by atoms with Crippen molar-refractivity contribution in [1.82, 2.24) is 4.90 Å². The first-order valence-electron chi connectivity index (χ1n) is 23.2. The lowest BCUT2D eigenvalue weighted by atomic mass is 10.1. The normalized spacial score (nSPS) is 14.5. The lowest BCUT2D eigenvalue weighted by Gasteiger charge is -2.20. The van der Waals surface area contributed by atoms with Crippen LogP contribution >= 0.6 is 7.82 Å². The van der Waals surface area contributed by atoms with Gasteiger partial charge in [-0.3, -0.25) is 33.1 Å². The van der Waals surface area contributed by atoms with Gasteiger partial charge >= 0.3 is 19.8 Å². The standard InChI is InChI=1S/C49H76NO10P/c1-3-5-7-9-11-13-15-17-19-21-23-25-27-29-31-37-46(51)57-41-43(60-47(52)38-32-30-28-26-24-22-20-18-16-14-12-10-8-6-4-2)42-59-61(55,56)58-40-39-50-48(53)44-35-33-34-36-45(44)49(50)54/h11-14,17-20,33-36,43H,3-10,15-16,21-32,37-42H2,1-2H3,(H,55,56)/b13-11-,14-12-,19-17-,20-18-/t43-/m0/s1. The number of amides is 2. The van der Waals surface area contributed by atoms with Crippen molar-refractivity contribution < 1.29 is 47.2 Å². The van der Waals surface area contributed by atoms with E-state index >= 15 is 0 Å². The van der Waals surface area contributed by atoms with Crippen molar-refractivity contribution in [2.45, 2.75) is 174 Å². The molecule has 342 valence electrons. The van der Waals surface area contributed by atoms with Crippen LogP contribution in [-0.2, 0) is 32.7 Å². The van der Waals surface area contributed by atoms with Gasteiger partial charge in [-0.05, 0) is 89.2 Å². The minimum atomic E-state index is -4.70. The average Bonchev–Trinajstić information content (AvgIpc) is 3.49. The molecule has 2 amide bonds. The second-order valence-electron chi connectivity index (χ2n) is 15.7. The molecule has 0 spiro atoms. The van der Waals surface area contributed by atoms with Gasteiger partial charge in [-0.15, -0.1) is 0 Å². The number of carbonyl (C=O) groups is 4. The quantitative estimate of drug-likeness (QED) is 0.0224. The number of allylic oxidation sites excluding steroid dienone is 8. The van der Waals surface area contributed by atoms with E-state index in [0.717, 1.165) is 94.8 Å². The number of esters is 2. The Bertz CT molecular complexity index is 1520. The van der Waals surface area contributed by atoms with E-state index in [1.165, 1.54) is 50.7 Å². The number of hydrogen-bond acceptors (Lipinski definition) is 9. The number of hydrogen-bond donors (Lipinski definition) is 1. The van der Waals surface area contributed by atoms with Gasteiger partial charge in [0, 0.05) is 12.8 Å². The Hall–Kier alpha value is -3.63. The molecule has 61 heavy (non-hydrogen) atoms. The molecule has 0 radical (unpaired) electrons. The van der Waals surface area contributed by atoms with Crippen molar-refractivity contribution in [2.24, 2.45) is 0 Å². The highest BCUT2D eigenvalue weighted by atomic mass is 31.2. The van der Waals surface area contributed by atoms with Crippen LogP contribution in [-0.4, -0.2) is 66.0 Å². The van der Waals surface area contributed by atoms with Crippen LogP contribution in [0.1, 0.15) is 189 Å². The van der Waals surface area contributed by atoms with E-state index < -0.39 is 50.9 Å². The summed E-state index contributed by atoms with van der Waals surface area (Å²) < 4.78 is 33.9. The fraction of sp³-hybridized carbons (Fsp3) is 0.633. The van der Waals surface area contributed by atoms with Crippen LogP contribution in [0.2, 0.25) is 0 Å². The molecule has 1 aromatic rings. The molecule has 0 fully saturated rings. The zero-order valence-electron chi connectivity index (χ0n) is 37.3. The fourth-order valence-electron chi connectivity index (χ4n) is 6.68. The van der Waals surface area contributed by atoms with E-state index in [4.69, 9.17) is 18.5 Å². The largest absolute Gasteiger partial charge is 0.472 e. The van der Waals surface area contributed by atoms with E-state index in [2.05, 4.69) is 62.5 Å². The van der Waals surface area contributed by atoms with Gasteiger partial charge in [0.05, 0.1) is 30.9 Å². The SMILES string of the molecule is CCCCC/C=C\C/C=C\CCCCCCCC(=O)OC[C@@H](COP(=O)(O)OCCN1C(=O)c2ccccc2C1=O)OC(=O)CCCCCCC/C=C\C/C=C\CCCCC. The third-order valence-electron chi connectivity index (χ3n) is 10.3. The highest BCUT2D eigenvalue weighted by molar-refractivity contribution is 7.47. The summed E-state index contributed by atoms with van der Waals surface area (Å²) in [6, 6.07) is 6.37. The number of benzene rings is 1.